The molecule has 4 nitrogen and oxygen atoms in total. The van der Waals surface area contributed by atoms with Crippen molar-refractivity contribution in [2.75, 3.05) is 6.61 Å². The van der Waals surface area contributed by atoms with Gasteiger partial charge in [-0.05, 0) is 17.7 Å². The van der Waals surface area contributed by atoms with Crippen molar-refractivity contribution in [1.82, 2.24) is 4.98 Å². The standard InChI is InChI=1S/C15H12F3NO3/c16-15(17,18)12-4-2-1-3-10(12)6-8-22-13-9-11(14(20)21)5-7-19-13/h1-5,7,9H,6,8H2,(H,20,21). The van der Waals surface area contributed by atoms with Crippen LogP contribution in [0.5, 0.6) is 5.88 Å². The first-order valence-electron chi connectivity index (χ1n) is 6.35. The molecule has 0 radical (unpaired) electrons. The van der Waals surface area contributed by atoms with E-state index in [2.05, 4.69) is 4.98 Å². The van der Waals surface area contributed by atoms with Crippen LogP contribution in [0, 0.1) is 0 Å². The highest BCUT2D eigenvalue weighted by Gasteiger charge is 2.32. The molecule has 0 unspecified atom stereocenters. The maximum Gasteiger partial charge on any atom is 0.416 e. The number of ether oxygens (including phenoxy) is 1. The molecule has 1 aromatic carbocycles. The van der Waals surface area contributed by atoms with Crippen LogP contribution in [0.15, 0.2) is 42.6 Å². The molecule has 1 heterocycles. The summed E-state index contributed by atoms with van der Waals surface area (Å²) in [6.45, 7) is -0.0385. The Kier molecular flexibility index (Phi) is 4.65. The third-order valence-corrected chi connectivity index (χ3v) is 2.93. The van der Waals surface area contributed by atoms with Crippen molar-refractivity contribution >= 4 is 5.97 Å². The van der Waals surface area contributed by atoms with Gasteiger partial charge in [0.15, 0.2) is 0 Å². The lowest BCUT2D eigenvalue weighted by Gasteiger charge is -2.12. The Labute approximate surface area is 124 Å². The number of carboxylic acids is 1. The zero-order valence-corrected chi connectivity index (χ0v) is 11.3. The quantitative estimate of drug-likeness (QED) is 0.919. The number of carbonyl (C=O) groups is 1. The Morgan fingerprint density at radius 3 is 2.64 bits per heavy atom. The van der Waals surface area contributed by atoms with E-state index in [1.165, 1.54) is 36.5 Å². The van der Waals surface area contributed by atoms with Crippen LogP contribution in [0.4, 0.5) is 13.2 Å². The van der Waals surface area contributed by atoms with Crippen LogP contribution in [0.3, 0.4) is 0 Å². The zero-order valence-electron chi connectivity index (χ0n) is 11.3. The average Bonchev–Trinajstić information content (AvgIpc) is 2.47. The van der Waals surface area contributed by atoms with Crippen molar-refractivity contribution in [3.05, 3.63) is 59.3 Å². The Hall–Kier alpha value is -2.57. The van der Waals surface area contributed by atoms with Crippen molar-refractivity contribution in [2.24, 2.45) is 0 Å². The van der Waals surface area contributed by atoms with Crippen molar-refractivity contribution < 1.29 is 27.8 Å². The van der Waals surface area contributed by atoms with E-state index in [9.17, 15) is 18.0 Å². The highest BCUT2D eigenvalue weighted by Crippen LogP contribution is 2.32. The minimum atomic E-state index is -4.42. The Morgan fingerprint density at radius 2 is 1.95 bits per heavy atom. The normalized spacial score (nSPS) is 11.2. The second kappa shape index (κ2) is 6.46. The van der Waals surface area contributed by atoms with Gasteiger partial charge in [0, 0.05) is 18.7 Å². The van der Waals surface area contributed by atoms with E-state index < -0.39 is 17.7 Å². The fourth-order valence-electron chi connectivity index (χ4n) is 1.90. The summed E-state index contributed by atoms with van der Waals surface area (Å²) >= 11 is 0. The van der Waals surface area contributed by atoms with E-state index in [4.69, 9.17) is 9.84 Å². The average molecular weight is 311 g/mol. The lowest BCUT2D eigenvalue weighted by molar-refractivity contribution is -0.138. The van der Waals surface area contributed by atoms with Crippen LogP contribution in [0.2, 0.25) is 0 Å². The number of alkyl halides is 3. The highest BCUT2D eigenvalue weighted by atomic mass is 19.4. The molecule has 0 fully saturated rings. The number of rotatable bonds is 5. The number of hydrogen-bond acceptors (Lipinski definition) is 3. The highest BCUT2D eigenvalue weighted by molar-refractivity contribution is 5.87. The Morgan fingerprint density at radius 1 is 1.23 bits per heavy atom. The van der Waals surface area contributed by atoms with Crippen LogP contribution in [-0.2, 0) is 12.6 Å². The number of carboxylic acid groups (broad SMARTS) is 1. The van der Waals surface area contributed by atoms with Crippen LogP contribution >= 0.6 is 0 Å². The lowest BCUT2D eigenvalue weighted by Crippen LogP contribution is -2.12. The van der Waals surface area contributed by atoms with E-state index in [0.29, 0.717) is 0 Å². The molecule has 0 bridgehead atoms. The molecule has 2 rings (SSSR count). The molecule has 0 saturated heterocycles. The number of benzene rings is 1. The van der Waals surface area contributed by atoms with E-state index in [1.54, 1.807) is 0 Å². The molecule has 7 heteroatoms. The number of aromatic carboxylic acids is 1. The first kappa shape index (κ1) is 15.8. The summed E-state index contributed by atoms with van der Waals surface area (Å²) in [5, 5.41) is 8.83. The summed E-state index contributed by atoms with van der Waals surface area (Å²) in [6.07, 6.45) is -3.12. The fraction of sp³-hybridized carbons (Fsp3) is 0.200. The zero-order chi connectivity index (χ0) is 16.2. The first-order valence-corrected chi connectivity index (χ1v) is 6.35. The molecule has 1 N–H and O–H groups in total. The van der Waals surface area contributed by atoms with Crippen molar-refractivity contribution in [1.29, 1.82) is 0 Å². The van der Waals surface area contributed by atoms with Crippen LogP contribution in [0.25, 0.3) is 0 Å². The molecule has 0 aliphatic rings. The number of pyridine rings is 1. The molecule has 0 atom stereocenters. The van der Waals surface area contributed by atoms with Gasteiger partial charge in [0.2, 0.25) is 5.88 Å². The number of nitrogens with zero attached hydrogens (tertiary/aromatic N) is 1. The molecule has 22 heavy (non-hydrogen) atoms. The van der Waals surface area contributed by atoms with Gasteiger partial charge in [-0.15, -0.1) is 0 Å². The van der Waals surface area contributed by atoms with Crippen molar-refractivity contribution in [2.45, 2.75) is 12.6 Å². The lowest BCUT2D eigenvalue weighted by atomic mass is 10.0. The summed E-state index contributed by atoms with van der Waals surface area (Å²) < 4.78 is 43.7. The smallest absolute Gasteiger partial charge is 0.416 e. The summed E-state index contributed by atoms with van der Waals surface area (Å²) in [6, 6.07) is 7.76. The second-order valence-electron chi connectivity index (χ2n) is 4.44. The molecular weight excluding hydrogens is 299 g/mol. The van der Waals surface area contributed by atoms with Gasteiger partial charge in [0.05, 0.1) is 17.7 Å². The summed E-state index contributed by atoms with van der Waals surface area (Å²) in [5.74, 6) is -1.07. The maximum absolute atomic E-state index is 12.8. The van der Waals surface area contributed by atoms with Crippen LogP contribution < -0.4 is 4.74 Å². The van der Waals surface area contributed by atoms with Crippen LogP contribution in [-0.4, -0.2) is 22.7 Å². The predicted molar refractivity (Wildman–Crippen MR) is 71.8 cm³/mol. The van der Waals surface area contributed by atoms with Gasteiger partial charge in [-0.3, -0.25) is 0 Å². The second-order valence-corrected chi connectivity index (χ2v) is 4.44. The number of halogens is 3. The molecule has 0 aliphatic carbocycles. The SMILES string of the molecule is O=C(O)c1ccnc(OCCc2ccccc2C(F)(F)F)c1. The Bertz CT molecular complexity index is 671. The van der Waals surface area contributed by atoms with Gasteiger partial charge in [0.25, 0.3) is 0 Å². The summed E-state index contributed by atoms with van der Waals surface area (Å²) in [5.41, 5.74) is -0.587. The van der Waals surface area contributed by atoms with Gasteiger partial charge < -0.3 is 9.84 Å². The largest absolute Gasteiger partial charge is 0.478 e. The maximum atomic E-state index is 12.8. The van der Waals surface area contributed by atoms with Gasteiger partial charge in [0.1, 0.15) is 0 Å². The summed E-state index contributed by atoms with van der Waals surface area (Å²) in [7, 11) is 0. The van der Waals surface area contributed by atoms with E-state index >= 15 is 0 Å². The van der Waals surface area contributed by atoms with Crippen molar-refractivity contribution in [3.8, 4) is 5.88 Å². The third-order valence-electron chi connectivity index (χ3n) is 2.93. The van der Waals surface area contributed by atoms with E-state index in [0.717, 1.165) is 6.07 Å². The first-order chi connectivity index (χ1) is 10.4. The fourth-order valence-corrected chi connectivity index (χ4v) is 1.90. The van der Waals surface area contributed by atoms with Gasteiger partial charge >= 0.3 is 12.1 Å². The third kappa shape index (κ3) is 3.97. The molecule has 0 aliphatic heterocycles. The topological polar surface area (TPSA) is 59.4 Å². The molecule has 0 amide bonds. The number of hydrogen-bond donors (Lipinski definition) is 1. The molecule has 0 spiro atoms. The van der Waals surface area contributed by atoms with E-state index in [1.807, 2.05) is 0 Å². The van der Waals surface area contributed by atoms with Crippen molar-refractivity contribution in [3.63, 3.8) is 0 Å². The number of aromatic nitrogens is 1. The minimum absolute atomic E-state index is 0.000640. The molecule has 2 aromatic rings. The molecule has 0 saturated carbocycles. The van der Waals surface area contributed by atoms with E-state index in [-0.39, 0.29) is 30.0 Å². The van der Waals surface area contributed by atoms with Gasteiger partial charge in [-0.2, -0.15) is 13.2 Å². The Balaban J connectivity index is 2.03. The molecule has 1 aromatic heterocycles. The predicted octanol–water partition coefficient (Wildman–Crippen LogP) is 3.42. The molecule has 116 valence electrons. The minimum Gasteiger partial charge on any atom is -0.478 e. The monoisotopic (exact) mass is 311 g/mol. The van der Waals surface area contributed by atoms with Gasteiger partial charge in [-0.25, -0.2) is 9.78 Å². The molecular formula is C15H12F3NO3. The van der Waals surface area contributed by atoms with Crippen LogP contribution in [0.1, 0.15) is 21.5 Å². The summed E-state index contributed by atoms with van der Waals surface area (Å²) in [4.78, 5) is 14.6. The van der Waals surface area contributed by atoms with Gasteiger partial charge in [-0.1, -0.05) is 18.2 Å².